The fourth-order valence-corrected chi connectivity index (χ4v) is 1.99. The molecule has 1 amide bonds. The standard InChI is InChI=1S/C16H17ClN2O2/c17-14-7-6-13(18)10-15(14)19-16(20)11-21-9-8-12-4-2-1-3-5-12/h1-7,10H,8-9,11,18H2,(H,19,20). The molecule has 0 aliphatic rings. The van der Waals surface area contributed by atoms with Crippen molar-refractivity contribution in [2.24, 2.45) is 0 Å². The molecule has 0 fully saturated rings. The number of hydrogen-bond acceptors (Lipinski definition) is 3. The lowest BCUT2D eigenvalue weighted by Crippen LogP contribution is -2.19. The first-order chi connectivity index (χ1) is 10.1. The first-order valence-corrected chi connectivity index (χ1v) is 6.99. The fourth-order valence-electron chi connectivity index (χ4n) is 1.82. The molecule has 21 heavy (non-hydrogen) atoms. The quantitative estimate of drug-likeness (QED) is 0.636. The monoisotopic (exact) mass is 304 g/mol. The van der Waals surface area contributed by atoms with Gasteiger partial charge in [-0.25, -0.2) is 0 Å². The van der Waals surface area contributed by atoms with Crippen LogP contribution in [0.15, 0.2) is 48.5 Å². The molecule has 0 heterocycles. The van der Waals surface area contributed by atoms with Crippen LogP contribution >= 0.6 is 11.6 Å². The third kappa shape index (κ3) is 5.10. The molecule has 0 aliphatic carbocycles. The van der Waals surface area contributed by atoms with Gasteiger partial charge < -0.3 is 15.8 Å². The zero-order chi connectivity index (χ0) is 15.1. The lowest BCUT2D eigenvalue weighted by Gasteiger charge is -2.08. The summed E-state index contributed by atoms with van der Waals surface area (Å²) in [7, 11) is 0. The molecule has 0 unspecified atom stereocenters. The second-order valence-corrected chi connectivity index (χ2v) is 4.98. The number of hydrogen-bond donors (Lipinski definition) is 2. The molecule has 0 atom stereocenters. The predicted octanol–water partition coefficient (Wildman–Crippen LogP) is 3.12. The van der Waals surface area contributed by atoms with Gasteiger partial charge >= 0.3 is 0 Å². The molecule has 3 N–H and O–H groups in total. The number of nitrogens with two attached hydrogens (primary N) is 1. The van der Waals surface area contributed by atoms with E-state index < -0.39 is 0 Å². The van der Waals surface area contributed by atoms with Crippen LogP contribution in [0.4, 0.5) is 11.4 Å². The predicted molar refractivity (Wildman–Crippen MR) is 85.5 cm³/mol. The number of nitrogens with one attached hydrogen (secondary N) is 1. The Morgan fingerprint density at radius 1 is 1.19 bits per heavy atom. The van der Waals surface area contributed by atoms with E-state index in [9.17, 15) is 4.79 Å². The first-order valence-electron chi connectivity index (χ1n) is 6.61. The molecular formula is C16H17ClN2O2. The van der Waals surface area contributed by atoms with Gasteiger partial charge in [-0.2, -0.15) is 0 Å². The highest BCUT2D eigenvalue weighted by atomic mass is 35.5. The third-order valence-corrected chi connectivity index (χ3v) is 3.21. The average Bonchev–Trinajstić information content (AvgIpc) is 2.48. The third-order valence-electron chi connectivity index (χ3n) is 2.88. The minimum absolute atomic E-state index is 0.0159. The molecule has 2 aromatic rings. The van der Waals surface area contributed by atoms with E-state index in [0.29, 0.717) is 23.0 Å². The van der Waals surface area contributed by atoms with Crippen LogP contribution in [0.25, 0.3) is 0 Å². The van der Waals surface area contributed by atoms with Crippen LogP contribution in [0.1, 0.15) is 5.56 Å². The molecule has 2 aromatic carbocycles. The van der Waals surface area contributed by atoms with Crippen molar-refractivity contribution in [3.63, 3.8) is 0 Å². The maximum atomic E-state index is 11.8. The van der Waals surface area contributed by atoms with Crippen LogP contribution in [0.2, 0.25) is 5.02 Å². The van der Waals surface area contributed by atoms with E-state index in [0.717, 1.165) is 6.42 Å². The van der Waals surface area contributed by atoms with Crippen molar-refractivity contribution in [1.29, 1.82) is 0 Å². The summed E-state index contributed by atoms with van der Waals surface area (Å²) in [6, 6.07) is 14.9. The van der Waals surface area contributed by atoms with E-state index in [4.69, 9.17) is 22.1 Å². The Kier molecular flexibility index (Phi) is 5.60. The van der Waals surface area contributed by atoms with Crippen LogP contribution in [-0.2, 0) is 16.0 Å². The summed E-state index contributed by atoms with van der Waals surface area (Å²) < 4.78 is 5.36. The van der Waals surface area contributed by atoms with Crippen LogP contribution in [0.5, 0.6) is 0 Å². The van der Waals surface area contributed by atoms with Gasteiger partial charge in [0.2, 0.25) is 5.91 Å². The lowest BCUT2D eigenvalue weighted by atomic mass is 10.2. The largest absolute Gasteiger partial charge is 0.399 e. The van der Waals surface area contributed by atoms with Gasteiger partial charge in [0.05, 0.1) is 17.3 Å². The molecule has 0 saturated carbocycles. The molecule has 4 nitrogen and oxygen atoms in total. The van der Waals surface area contributed by atoms with Crippen molar-refractivity contribution in [3.8, 4) is 0 Å². The highest BCUT2D eigenvalue weighted by Crippen LogP contribution is 2.23. The summed E-state index contributed by atoms with van der Waals surface area (Å²) in [5.74, 6) is -0.254. The Morgan fingerprint density at radius 3 is 2.71 bits per heavy atom. The van der Waals surface area contributed by atoms with Crippen molar-refractivity contribution in [3.05, 3.63) is 59.1 Å². The number of halogens is 1. The van der Waals surface area contributed by atoms with E-state index in [-0.39, 0.29) is 12.5 Å². The summed E-state index contributed by atoms with van der Waals surface area (Å²) in [5, 5.41) is 3.12. The lowest BCUT2D eigenvalue weighted by molar-refractivity contribution is -0.120. The summed E-state index contributed by atoms with van der Waals surface area (Å²) >= 11 is 5.97. The van der Waals surface area contributed by atoms with E-state index >= 15 is 0 Å². The van der Waals surface area contributed by atoms with E-state index in [2.05, 4.69) is 5.32 Å². The summed E-state index contributed by atoms with van der Waals surface area (Å²) in [4.78, 5) is 11.8. The van der Waals surface area contributed by atoms with Gasteiger partial charge in [-0.1, -0.05) is 41.9 Å². The second-order valence-electron chi connectivity index (χ2n) is 4.58. The maximum absolute atomic E-state index is 11.8. The SMILES string of the molecule is Nc1ccc(Cl)c(NC(=O)COCCc2ccccc2)c1. The van der Waals surface area contributed by atoms with E-state index in [1.54, 1.807) is 18.2 Å². The van der Waals surface area contributed by atoms with Gasteiger partial charge in [-0.15, -0.1) is 0 Å². The molecule has 110 valence electrons. The van der Waals surface area contributed by atoms with Crippen molar-refractivity contribution in [1.82, 2.24) is 0 Å². The number of anilines is 2. The Balaban J connectivity index is 1.74. The first kappa shape index (κ1) is 15.4. The van der Waals surface area contributed by atoms with Gasteiger partial charge in [0.15, 0.2) is 0 Å². The number of nitrogen functional groups attached to an aromatic ring is 1. The number of carbonyl (C=O) groups is 1. The summed E-state index contributed by atoms with van der Waals surface area (Å²) in [5.41, 5.74) is 7.86. The van der Waals surface area contributed by atoms with Crippen molar-refractivity contribution >= 4 is 28.9 Å². The molecule has 0 radical (unpaired) electrons. The maximum Gasteiger partial charge on any atom is 0.250 e. The molecule has 2 rings (SSSR count). The van der Waals surface area contributed by atoms with Crippen LogP contribution in [0, 0.1) is 0 Å². The van der Waals surface area contributed by atoms with Crippen LogP contribution in [0.3, 0.4) is 0 Å². The molecule has 0 saturated heterocycles. The Hall–Kier alpha value is -2.04. The van der Waals surface area contributed by atoms with Crippen molar-refractivity contribution in [2.75, 3.05) is 24.3 Å². The number of carbonyl (C=O) groups excluding carboxylic acids is 1. The van der Waals surface area contributed by atoms with Crippen LogP contribution in [-0.4, -0.2) is 19.1 Å². The average molecular weight is 305 g/mol. The number of amides is 1. The van der Waals surface area contributed by atoms with E-state index in [1.165, 1.54) is 5.56 Å². The number of rotatable bonds is 6. The Morgan fingerprint density at radius 2 is 1.95 bits per heavy atom. The molecule has 5 heteroatoms. The minimum Gasteiger partial charge on any atom is -0.399 e. The van der Waals surface area contributed by atoms with Gasteiger partial charge in [0, 0.05) is 5.69 Å². The molecule has 0 bridgehead atoms. The smallest absolute Gasteiger partial charge is 0.250 e. The Labute approximate surface area is 128 Å². The highest BCUT2D eigenvalue weighted by molar-refractivity contribution is 6.33. The minimum atomic E-state index is -0.254. The summed E-state index contributed by atoms with van der Waals surface area (Å²) in [6.07, 6.45) is 0.771. The Bertz CT molecular complexity index is 602. The highest BCUT2D eigenvalue weighted by Gasteiger charge is 2.06. The van der Waals surface area contributed by atoms with Gasteiger partial charge in [0.25, 0.3) is 0 Å². The number of ether oxygens (including phenoxy) is 1. The molecule has 0 aliphatic heterocycles. The van der Waals surface area contributed by atoms with Crippen molar-refractivity contribution in [2.45, 2.75) is 6.42 Å². The second kappa shape index (κ2) is 7.67. The molecular weight excluding hydrogens is 288 g/mol. The van der Waals surface area contributed by atoms with Crippen molar-refractivity contribution < 1.29 is 9.53 Å². The zero-order valence-corrected chi connectivity index (χ0v) is 12.3. The molecule has 0 spiro atoms. The summed E-state index contributed by atoms with van der Waals surface area (Å²) in [6.45, 7) is 0.472. The van der Waals surface area contributed by atoms with Gasteiger partial charge in [-0.3, -0.25) is 4.79 Å². The van der Waals surface area contributed by atoms with Gasteiger partial charge in [-0.05, 0) is 30.2 Å². The topological polar surface area (TPSA) is 64.3 Å². The fraction of sp³-hybridized carbons (Fsp3) is 0.188. The normalized spacial score (nSPS) is 10.3. The van der Waals surface area contributed by atoms with E-state index in [1.807, 2.05) is 30.3 Å². The molecule has 0 aromatic heterocycles. The zero-order valence-electron chi connectivity index (χ0n) is 11.5. The number of benzene rings is 2. The van der Waals surface area contributed by atoms with Gasteiger partial charge in [0.1, 0.15) is 6.61 Å². The van der Waals surface area contributed by atoms with Crippen LogP contribution < -0.4 is 11.1 Å².